The Morgan fingerprint density at radius 2 is 2.36 bits per heavy atom. The summed E-state index contributed by atoms with van der Waals surface area (Å²) in [5.41, 5.74) is 0.947. The molecule has 14 heavy (non-hydrogen) atoms. The molecule has 0 aliphatic heterocycles. The molecule has 0 unspecified atom stereocenters. The van der Waals surface area contributed by atoms with Crippen molar-refractivity contribution in [1.29, 1.82) is 0 Å². The minimum atomic E-state index is -0.784. The molecule has 5 heteroatoms. The minimum absolute atomic E-state index is 0.136. The van der Waals surface area contributed by atoms with Crippen molar-refractivity contribution >= 4 is 21.9 Å². The van der Waals surface area contributed by atoms with Crippen molar-refractivity contribution < 1.29 is 9.90 Å². The molecule has 0 aliphatic rings. The summed E-state index contributed by atoms with van der Waals surface area (Å²) in [6.07, 6.45) is 2.35. The molecule has 0 saturated carbocycles. The van der Waals surface area contributed by atoms with E-state index in [0.29, 0.717) is 6.42 Å². The summed E-state index contributed by atoms with van der Waals surface area (Å²) in [6, 6.07) is 0.255. The molecule has 0 spiro atoms. The van der Waals surface area contributed by atoms with Crippen LogP contribution in [0.3, 0.4) is 0 Å². The van der Waals surface area contributed by atoms with Gasteiger partial charge in [-0.15, -0.1) is 0 Å². The van der Waals surface area contributed by atoms with E-state index in [4.69, 9.17) is 5.11 Å². The van der Waals surface area contributed by atoms with Gasteiger partial charge >= 0.3 is 5.97 Å². The number of halogens is 1. The molecular formula is C9H13BrN2O2. The summed E-state index contributed by atoms with van der Waals surface area (Å²) in [7, 11) is 0. The van der Waals surface area contributed by atoms with Crippen molar-refractivity contribution in [2.75, 3.05) is 0 Å². The maximum absolute atomic E-state index is 10.4. The molecule has 1 rings (SSSR count). The number of nitrogens with zero attached hydrogens (tertiary/aromatic N) is 2. The number of carboxylic acid groups (broad SMARTS) is 1. The highest BCUT2D eigenvalue weighted by Gasteiger charge is 2.12. The third-order valence-corrected chi connectivity index (χ3v) is 2.57. The monoisotopic (exact) mass is 260 g/mol. The largest absolute Gasteiger partial charge is 0.481 e. The van der Waals surface area contributed by atoms with E-state index in [0.717, 1.165) is 10.2 Å². The van der Waals surface area contributed by atoms with Gasteiger partial charge in [0, 0.05) is 12.5 Å². The average molecular weight is 261 g/mol. The van der Waals surface area contributed by atoms with Gasteiger partial charge in [-0.25, -0.2) is 0 Å². The third-order valence-electron chi connectivity index (χ3n) is 1.91. The van der Waals surface area contributed by atoms with E-state index < -0.39 is 5.97 Å². The molecule has 1 N–H and O–H groups in total. The summed E-state index contributed by atoms with van der Waals surface area (Å²) in [5, 5.41) is 12.8. The Morgan fingerprint density at radius 3 is 2.86 bits per heavy atom. The Balaban J connectivity index is 2.82. The number of rotatable bonds is 4. The standard InChI is InChI=1S/C9H13BrN2O2/c1-6(2)12-8(3-4-9(13)14)7(10)5-11-12/h5-6H,3-4H2,1-2H3,(H,13,14). The zero-order valence-corrected chi connectivity index (χ0v) is 9.78. The fourth-order valence-electron chi connectivity index (χ4n) is 1.27. The van der Waals surface area contributed by atoms with E-state index in [9.17, 15) is 4.79 Å². The highest BCUT2D eigenvalue weighted by atomic mass is 79.9. The minimum Gasteiger partial charge on any atom is -0.481 e. The van der Waals surface area contributed by atoms with Crippen LogP contribution in [-0.2, 0) is 11.2 Å². The molecule has 1 aromatic rings. The van der Waals surface area contributed by atoms with Crippen molar-refractivity contribution in [1.82, 2.24) is 9.78 Å². The van der Waals surface area contributed by atoms with Crippen LogP contribution in [0.4, 0.5) is 0 Å². The molecule has 0 fully saturated rings. The van der Waals surface area contributed by atoms with Crippen LogP contribution in [0.25, 0.3) is 0 Å². The van der Waals surface area contributed by atoms with Gasteiger partial charge in [-0.2, -0.15) is 5.10 Å². The number of aliphatic carboxylic acids is 1. The molecule has 78 valence electrons. The van der Waals surface area contributed by atoms with Crippen LogP contribution in [0.5, 0.6) is 0 Å². The van der Waals surface area contributed by atoms with Crippen molar-refractivity contribution in [3.8, 4) is 0 Å². The maximum Gasteiger partial charge on any atom is 0.303 e. The number of carbonyl (C=O) groups is 1. The summed E-state index contributed by atoms with van der Waals surface area (Å²) < 4.78 is 2.72. The summed E-state index contributed by atoms with van der Waals surface area (Å²) in [6.45, 7) is 4.04. The summed E-state index contributed by atoms with van der Waals surface area (Å²) >= 11 is 3.36. The van der Waals surface area contributed by atoms with Crippen molar-refractivity contribution in [2.24, 2.45) is 0 Å². The molecule has 0 aliphatic carbocycles. The molecule has 0 saturated heterocycles. The Morgan fingerprint density at radius 1 is 1.71 bits per heavy atom. The van der Waals surface area contributed by atoms with Gasteiger partial charge in [0.2, 0.25) is 0 Å². The lowest BCUT2D eigenvalue weighted by Crippen LogP contribution is -2.09. The van der Waals surface area contributed by atoms with Crippen LogP contribution in [0.1, 0.15) is 32.0 Å². The van der Waals surface area contributed by atoms with E-state index in [2.05, 4.69) is 21.0 Å². The normalized spacial score (nSPS) is 10.9. The summed E-state index contributed by atoms with van der Waals surface area (Å²) in [4.78, 5) is 10.4. The molecule has 0 radical (unpaired) electrons. The zero-order chi connectivity index (χ0) is 10.7. The molecule has 4 nitrogen and oxygen atoms in total. The molecular weight excluding hydrogens is 248 g/mol. The number of carboxylic acids is 1. The van der Waals surface area contributed by atoms with Gasteiger partial charge in [0.05, 0.1) is 22.8 Å². The van der Waals surface area contributed by atoms with Crippen LogP contribution in [0.15, 0.2) is 10.7 Å². The zero-order valence-electron chi connectivity index (χ0n) is 8.20. The van der Waals surface area contributed by atoms with Crippen molar-refractivity contribution in [2.45, 2.75) is 32.7 Å². The SMILES string of the molecule is CC(C)n1ncc(Br)c1CCC(=O)O. The molecule has 0 aromatic carbocycles. The second-order valence-corrected chi connectivity index (χ2v) is 4.23. The van der Waals surface area contributed by atoms with Crippen molar-refractivity contribution in [3.63, 3.8) is 0 Å². The Bertz CT molecular complexity index is 334. The highest BCUT2D eigenvalue weighted by molar-refractivity contribution is 9.10. The lowest BCUT2D eigenvalue weighted by molar-refractivity contribution is -0.137. The van der Waals surface area contributed by atoms with Gasteiger partial charge < -0.3 is 5.11 Å². The lowest BCUT2D eigenvalue weighted by atomic mass is 10.2. The summed E-state index contributed by atoms with van der Waals surface area (Å²) in [5.74, 6) is -0.784. The van der Waals surface area contributed by atoms with Crippen LogP contribution in [0.2, 0.25) is 0 Å². The average Bonchev–Trinajstić information content (AvgIpc) is 2.43. The van der Waals surface area contributed by atoms with Gasteiger partial charge in [0.25, 0.3) is 0 Å². The predicted octanol–water partition coefficient (Wildman–Crippen LogP) is 2.24. The van der Waals surface area contributed by atoms with Gasteiger partial charge in [-0.1, -0.05) is 0 Å². The van der Waals surface area contributed by atoms with Gasteiger partial charge in [-0.05, 0) is 29.8 Å². The van der Waals surface area contributed by atoms with Crippen molar-refractivity contribution in [3.05, 3.63) is 16.4 Å². The molecule has 0 bridgehead atoms. The van der Waals surface area contributed by atoms with E-state index >= 15 is 0 Å². The predicted molar refractivity (Wildman–Crippen MR) is 56.3 cm³/mol. The van der Waals surface area contributed by atoms with Gasteiger partial charge in [0.15, 0.2) is 0 Å². The fourth-order valence-corrected chi connectivity index (χ4v) is 1.74. The first kappa shape index (κ1) is 11.2. The quantitative estimate of drug-likeness (QED) is 0.904. The van der Waals surface area contributed by atoms with Gasteiger partial charge in [0.1, 0.15) is 0 Å². The first-order valence-electron chi connectivity index (χ1n) is 4.46. The smallest absolute Gasteiger partial charge is 0.303 e. The van der Waals surface area contributed by atoms with E-state index in [-0.39, 0.29) is 12.5 Å². The Kier molecular flexibility index (Phi) is 3.69. The van der Waals surface area contributed by atoms with Crippen LogP contribution in [0, 0.1) is 0 Å². The Hall–Kier alpha value is -0.840. The van der Waals surface area contributed by atoms with Crippen LogP contribution >= 0.6 is 15.9 Å². The molecule has 1 aromatic heterocycles. The number of aromatic nitrogens is 2. The lowest BCUT2D eigenvalue weighted by Gasteiger charge is -2.10. The van der Waals surface area contributed by atoms with Crippen LogP contribution < -0.4 is 0 Å². The van der Waals surface area contributed by atoms with E-state index in [1.54, 1.807) is 6.20 Å². The number of hydrogen-bond donors (Lipinski definition) is 1. The molecule has 0 atom stereocenters. The highest BCUT2D eigenvalue weighted by Crippen LogP contribution is 2.20. The third kappa shape index (κ3) is 2.57. The second-order valence-electron chi connectivity index (χ2n) is 3.37. The Labute approximate surface area is 91.1 Å². The molecule has 1 heterocycles. The topological polar surface area (TPSA) is 55.1 Å². The fraction of sp³-hybridized carbons (Fsp3) is 0.556. The number of hydrogen-bond acceptors (Lipinski definition) is 2. The van der Waals surface area contributed by atoms with Gasteiger partial charge in [-0.3, -0.25) is 9.48 Å². The van der Waals surface area contributed by atoms with E-state index in [1.165, 1.54) is 0 Å². The first-order valence-corrected chi connectivity index (χ1v) is 5.25. The van der Waals surface area contributed by atoms with E-state index in [1.807, 2.05) is 18.5 Å². The first-order chi connectivity index (χ1) is 6.52. The second kappa shape index (κ2) is 4.59. The molecule has 0 amide bonds. The maximum atomic E-state index is 10.4. The van der Waals surface area contributed by atoms with Crippen LogP contribution in [-0.4, -0.2) is 20.9 Å².